The molecule has 0 aliphatic rings. The average molecular weight is 166 g/mol. The Balaban J connectivity index is 4.55. The maximum atomic E-state index is 10.9. The zero-order valence-electron chi connectivity index (χ0n) is 7.97. The van der Waals surface area contributed by atoms with Crippen LogP contribution in [0.3, 0.4) is 0 Å². The van der Waals surface area contributed by atoms with Gasteiger partial charge >= 0.3 is 5.97 Å². The van der Waals surface area contributed by atoms with Crippen molar-refractivity contribution < 1.29 is 9.53 Å². The molecule has 0 saturated carbocycles. The second-order valence-electron chi connectivity index (χ2n) is 2.44. The number of carbonyl (C=O) groups is 1. The third kappa shape index (κ3) is 3.79. The van der Waals surface area contributed by atoms with E-state index in [4.69, 9.17) is 0 Å². The van der Waals surface area contributed by atoms with E-state index in [1.165, 1.54) is 7.11 Å². The van der Waals surface area contributed by atoms with E-state index < -0.39 is 0 Å². The van der Waals surface area contributed by atoms with Crippen molar-refractivity contribution in [1.82, 2.24) is 0 Å². The third-order valence-electron chi connectivity index (χ3n) is 1.46. The van der Waals surface area contributed by atoms with Gasteiger partial charge in [-0.3, -0.25) is 0 Å². The predicted octanol–water partition coefficient (Wildman–Crippen LogP) is 2.23. The van der Waals surface area contributed by atoms with Crippen LogP contribution in [-0.4, -0.2) is 13.1 Å². The van der Waals surface area contributed by atoms with Crippen molar-refractivity contribution in [2.45, 2.75) is 20.8 Å². The SMILES string of the molecule is CC=C(C)C=C=C(C)C(=O)OC. The maximum absolute atomic E-state index is 10.9. The molecule has 2 nitrogen and oxygen atoms in total. The van der Waals surface area contributed by atoms with E-state index in [9.17, 15) is 4.79 Å². The van der Waals surface area contributed by atoms with Crippen LogP contribution < -0.4 is 0 Å². The first-order valence-corrected chi connectivity index (χ1v) is 3.76. The summed E-state index contributed by atoms with van der Waals surface area (Å²) in [4.78, 5) is 10.9. The van der Waals surface area contributed by atoms with E-state index >= 15 is 0 Å². The molecule has 0 radical (unpaired) electrons. The lowest BCUT2D eigenvalue weighted by molar-refractivity contribution is -0.136. The van der Waals surface area contributed by atoms with Crippen LogP contribution in [0.25, 0.3) is 0 Å². The largest absolute Gasteiger partial charge is 0.465 e. The molecule has 0 aliphatic carbocycles. The van der Waals surface area contributed by atoms with Crippen LogP contribution in [0.5, 0.6) is 0 Å². The second kappa shape index (κ2) is 5.39. The van der Waals surface area contributed by atoms with Crippen LogP contribution in [0.2, 0.25) is 0 Å². The van der Waals surface area contributed by atoms with E-state index in [-0.39, 0.29) is 5.97 Å². The molecule has 0 bridgehead atoms. The van der Waals surface area contributed by atoms with E-state index in [1.54, 1.807) is 13.0 Å². The summed E-state index contributed by atoms with van der Waals surface area (Å²) in [5, 5.41) is 0. The Kier molecular flexibility index (Phi) is 4.82. The number of methoxy groups -OCH3 is 1. The van der Waals surface area contributed by atoms with E-state index in [0.717, 1.165) is 5.57 Å². The highest BCUT2D eigenvalue weighted by molar-refractivity contribution is 5.87. The van der Waals surface area contributed by atoms with Crippen LogP contribution >= 0.6 is 0 Å². The van der Waals surface area contributed by atoms with E-state index in [0.29, 0.717) is 5.57 Å². The Morgan fingerprint density at radius 1 is 1.42 bits per heavy atom. The first-order chi connectivity index (χ1) is 5.61. The van der Waals surface area contributed by atoms with Crippen LogP contribution in [0, 0.1) is 0 Å². The van der Waals surface area contributed by atoms with Gasteiger partial charge in [0.1, 0.15) is 0 Å². The minimum absolute atomic E-state index is 0.338. The van der Waals surface area contributed by atoms with Crippen molar-refractivity contribution in [2.24, 2.45) is 0 Å². The van der Waals surface area contributed by atoms with Gasteiger partial charge in [0.15, 0.2) is 0 Å². The summed E-state index contributed by atoms with van der Waals surface area (Å²) in [7, 11) is 1.36. The highest BCUT2D eigenvalue weighted by atomic mass is 16.5. The summed E-state index contributed by atoms with van der Waals surface area (Å²) in [6, 6.07) is 0. The van der Waals surface area contributed by atoms with Gasteiger partial charge in [0.25, 0.3) is 0 Å². The lowest BCUT2D eigenvalue weighted by Gasteiger charge is -1.93. The van der Waals surface area contributed by atoms with Crippen molar-refractivity contribution >= 4 is 5.97 Å². The number of esters is 1. The molecule has 66 valence electrons. The summed E-state index contributed by atoms with van der Waals surface area (Å²) in [5.41, 5.74) is 4.39. The fraction of sp³-hybridized carbons (Fsp3) is 0.400. The van der Waals surface area contributed by atoms with E-state index in [1.807, 2.05) is 19.9 Å². The van der Waals surface area contributed by atoms with Gasteiger partial charge in [-0.25, -0.2) is 4.79 Å². The molecule has 2 heteroatoms. The second-order valence-corrected chi connectivity index (χ2v) is 2.44. The number of ether oxygens (including phenoxy) is 1. The molecule has 0 unspecified atom stereocenters. The molecule has 0 spiro atoms. The Morgan fingerprint density at radius 2 is 2.00 bits per heavy atom. The van der Waals surface area contributed by atoms with Gasteiger partial charge in [-0.05, 0) is 32.4 Å². The van der Waals surface area contributed by atoms with Gasteiger partial charge in [-0.1, -0.05) is 6.08 Å². The first kappa shape index (κ1) is 10.7. The molecule has 0 saturated heterocycles. The zero-order valence-corrected chi connectivity index (χ0v) is 7.97. The molecule has 0 aromatic carbocycles. The monoisotopic (exact) mass is 166 g/mol. The topological polar surface area (TPSA) is 26.3 Å². The number of allylic oxidation sites excluding steroid dienone is 2. The number of carbonyl (C=O) groups excluding carboxylic acids is 1. The van der Waals surface area contributed by atoms with Gasteiger partial charge in [-0.2, -0.15) is 0 Å². The summed E-state index contributed by atoms with van der Waals surface area (Å²) in [5.74, 6) is -0.338. The average Bonchev–Trinajstić information content (AvgIpc) is 2.11. The molecule has 0 N–H and O–H groups in total. The third-order valence-corrected chi connectivity index (χ3v) is 1.46. The summed E-state index contributed by atoms with van der Waals surface area (Å²) < 4.78 is 4.50. The molecule has 0 fully saturated rings. The fourth-order valence-electron chi connectivity index (χ4n) is 0.517. The van der Waals surface area contributed by atoms with Gasteiger partial charge in [0, 0.05) is 0 Å². The van der Waals surface area contributed by atoms with Gasteiger partial charge in [0.05, 0.1) is 12.7 Å². The molecule has 12 heavy (non-hydrogen) atoms. The fourth-order valence-corrected chi connectivity index (χ4v) is 0.517. The Bertz CT molecular complexity index is 253. The predicted molar refractivity (Wildman–Crippen MR) is 48.7 cm³/mol. The summed E-state index contributed by atoms with van der Waals surface area (Å²) >= 11 is 0. The molecule has 0 heterocycles. The highest BCUT2D eigenvalue weighted by Crippen LogP contribution is 1.96. The summed E-state index contributed by atoms with van der Waals surface area (Å²) in [6.07, 6.45) is 3.70. The molecule has 0 amide bonds. The smallest absolute Gasteiger partial charge is 0.341 e. The van der Waals surface area contributed by atoms with E-state index in [2.05, 4.69) is 10.5 Å². The van der Waals surface area contributed by atoms with Crippen molar-refractivity contribution in [1.29, 1.82) is 0 Å². The van der Waals surface area contributed by atoms with Crippen molar-refractivity contribution in [3.63, 3.8) is 0 Å². The minimum atomic E-state index is -0.338. The number of hydrogen-bond acceptors (Lipinski definition) is 2. The molecule has 0 aromatic heterocycles. The Labute approximate surface area is 73.2 Å². The molecule has 0 rings (SSSR count). The maximum Gasteiger partial charge on any atom is 0.341 e. The van der Waals surface area contributed by atoms with Gasteiger partial charge in [0.2, 0.25) is 0 Å². The Morgan fingerprint density at radius 3 is 2.42 bits per heavy atom. The number of hydrogen-bond donors (Lipinski definition) is 0. The highest BCUT2D eigenvalue weighted by Gasteiger charge is 1.99. The molecule has 0 aromatic rings. The van der Waals surface area contributed by atoms with Crippen molar-refractivity contribution in [3.05, 3.63) is 29.0 Å². The minimum Gasteiger partial charge on any atom is -0.465 e. The van der Waals surface area contributed by atoms with Gasteiger partial charge in [-0.15, -0.1) is 5.73 Å². The quantitative estimate of drug-likeness (QED) is 0.272. The summed E-state index contributed by atoms with van der Waals surface area (Å²) in [6.45, 7) is 5.55. The molecule has 0 aliphatic heterocycles. The van der Waals surface area contributed by atoms with Crippen LogP contribution in [0.4, 0.5) is 0 Å². The first-order valence-electron chi connectivity index (χ1n) is 3.76. The van der Waals surface area contributed by atoms with Gasteiger partial charge < -0.3 is 4.74 Å². The number of rotatable bonds is 2. The standard InChI is InChI=1S/C10H14O2/c1-5-8(2)6-7-9(3)10(11)12-4/h5-6H,1-4H3. The molecular weight excluding hydrogens is 152 g/mol. The van der Waals surface area contributed by atoms with Crippen molar-refractivity contribution in [2.75, 3.05) is 7.11 Å². The molecule has 0 atom stereocenters. The molecular formula is C10H14O2. The lowest BCUT2D eigenvalue weighted by Crippen LogP contribution is -1.99. The lowest BCUT2D eigenvalue weighted by atomic mass is 10.2. The van der Waals surface area contributed by atoms with Crippen LogP contribution in [0.15, 0.2) is 29.0 Å². The van der Waals surface area contributed by atoms with Crippen molar-refractivity contribution in [3.8, 4) is 0 Å². The normalized spacial score (nSPS) is 10.2. The Hall–Kier alpha value is -1.27. The van der Waals surface area contributed by atoms with Crippen LogP contribution in [0.1, 0.15) is 20.8 Å². The zero-order chi connectivity index (χ0) is 9.56. The van der Waals surface area contributed by atoms with Crippen LogP contribution in [-0.2, 0) is 9.53 Å².